The third-order valence-corrected chi connectivity index (χ3v) is 4.13. The van der Waals surface area contributed by atoms with Crippen molar-refractivity contribution in [2.75, 3.05) is 4.90 Å². The van der Waals surface area contributed by atoms with Crippen molar-refractivity contribution in [1.29, 1.82) is 0 Å². The van der Waals surface area contributed by atoms with E-state index >= 15 is 0 Å². The van der Waals surface area contributed by atoms with Gasteiger partial charge in [0.05, 0.1) is 11.6 Å². The van der Waals surface area contributed by atoms with Gasteiger partial charge in [-0.2, -0.15) is 0 Å². The van der Waals surface area contributed by atoms with Crippen LogP contribution in [0.25, 0.3) is 6.08 Å². The zero-order valence-electron chi connectivity index (χ0n) is 13.5. The number of nitrogens with zero attached hydrogens (tertiary/aromatic N) is 1. The lowest BCUT2D eigenvalue weighted by atomic mass is 9.98. The molecule has 2 amide bonds. The fourth-order valence-electron chi connectivity index (χ4n) is 2.93. The molecule has 1 unspecified atom stereocenters. The van der Waals surface area contributed by atoms with Gasteiger partial charge in [-0.05, 0) is 35.8 Å². The second kappa shape index (κ2) is 7.13. The number of rotatable bonds is 5. The molecule has 0 spiro atoms. The zero-order valence-corrected chi connectivity index (χ0v) is 13.5. The molecule has 3 rings (SSSR count). The van der Waals surface area contributed by atoms with Gasteiger partial charge in [0, 0.05) is 12.5 Å². The summed E-state index contributed by atoms with van der Waals surface area (Å²) in [6.07, 6.45) is 3.24. The van der Waals surface area contributed by atoms with E-state index in [0.717, 1.165) is 11.6 Å². The standard InChI is InChI=1S/C20H17NO4/c22-18-13-16(12-15-4-2-1-3-5-15)20(25)21(18)17-9-6-14(7-10-17)8-11-19(23)24/h1-11,16H,12-13H2,(H,23,24). The molecule has 1 saturated heterocycles. The van der Waals surface area contributed by atoms with Gasteiger partial charge < -0.3 is 5.11 Å². The molecule has 126 valence electrons. The van der Waals surface area contributed by atoms with Crippen LogP contribution in [0.4, 0.5) is 5.69 Å². The van der Waals surface area contributed by atoms with Crippen LogP contribution < -0.4 is 4.90 Å². The van der Waals surface area contributed by atoms with Gasteiger partial charge in [0.15, 0.2) is 0 Å². The number of amides is 2. The summed E-state index contributed by atoms with van der Waals surface area (Å²) in [5.74, 6) is -1.78. The molecule has 5 nitrogen and oxygen atoms in total. The molecule has 1 aliphatic heterocycles. The lowest BCUT2D eigenvalue weighted by Gasteiger charge is -2.15. The van der Waals surface area contributed by atoms with E-state index in [1.807, 2.05) is 30.3 Å². The van der Waals surface area contributed by atoms with Crippen LogP contribution in [0.3, 0.4) is 0 Å². The van der Waals surface area contributed by atoms with Crippen molar-refractivity contribution in [3.63, 3.8) is 0 Å². The SMILES string of the molecule is O=C(O)C=Cc1ccc(N2C(=O)CC(Cc3ccccc3)C2=O)cc1. The lowest BCUT2D eigenvalue weighted by molar-refractivity contribution is -0.131. The van der Waals surface area contributed by atoms with Crippen molar-refractivity contribution >= 4 is 29.5 Å². The Labute approximate surface area is 145 Å². The molecule has 0 saturated carbocycles. The van der Waals surface area contributed by atoms with Gasteiger partial charge >= 0.3 is 5.97 Å². The van der Waals surface area contributed by atoms with Crippen LogP contribution in [0.1, 0.15) is 17.5 Å². The molecule has 0 aliphatic carbocycles. The molecule has 1 fully saturated rings. The number of aliphatic carboxylic acids is 1. The Morgan fingerprint density at radius 2 is 1.76 bits per heavy atom. The molecule has 0 aromatic heterocycles. The van der Waals surface area contributed by atoms with E-state index in [1.165, 1.54) is 11.0 Å². The van der Waals surface area contributed by atoms with Gasteiger partial charge in [-0.1, -0.05) is 42.5 Å². The highest BCUT2D eigenvalue weighted by Crippen LogP contribution is 2.29. The Balaban J connectivity index is 1.75. The Morgan fingerprint density at radius 1 is 1.08 bits per heavy atom. The molecule has 0 bridgehead atoms. The van der Waals surface area contributed by atoms with E-state index in [4.69, 9.17) is 5.11 Å². The Hall–Kier alpha value is -3.21. The largest absolute Gasteiger partial charge is 0.478 e. The van der Waals surface area contributed by atoms with Crippen LogP contribution in [0.2, 0.25) is 0 Å². The van der Waals surface area contributed by atoms with E-state index < -0.39 is 5.97 Å². The van der Waals surface area contributed by atoms with Crippen molar-refractivity contribution in [3.8, 4) is 0 Å². The number of carbonyl (C=O) groups is 3. The average Bonchev–Trinajstić information content (AvgIpc) is 2.88. The number of carbonyl (C=O) groups excluding carboxylic acids is 2. The molecule has 1 heterocycles. The maximum Gasteiger partial charge on any atom is 0.328 e. The van der Waals surface area contributed by atoms with E-state index in [2.05, 4.69) is 0 Å². The number of imide groups is 1. The predicted octanol–water partition coefficient (Wildman–Crippen LogP) is 2.91. The minimum absolute atomic E-state index is 0.192. The smallest absolute Gasteiger partial charge is 0.328 e. The van der Waals surface area contributed by atoms with Gasteiger partial charge in [-0.25, -0.2) is 4.79 Å². The second-order valence-corrected chi connectivity index (χ2v) is 5.92. The highest BCUT2D eigenvalue weighted by molar-refractivity contribution is 6.21. The molecule has 5 heteroatoms. The molecule has 1 atom stereocenters. The topological polar surface area (TPSA) is 74.7 Å². The summed E-state index contributed by atoms with van der Waals surface area (Å²) in [6.45, 7) is 0. The lowest BCUT2D eigenvalue weighted by Crippen LogP contribution is -2.30. The molecule has 1 N–H and O–H groups in total. The summed E-state index contributed by atoms with van der Waals surface area (Å²) in [5, 5.41) is 8.64. The highest BCUT2D eigenvalue weighted by atomic mass is 16.4. The van der Waals surface area contributed by atoms with Gasteiger partial charge in [0.25, 0.3) is 0 Å². The Kier molecular flexibility index (Phi) is 4.75. The fourth-order valence-corrected chi connectivity index (χ4v) is 2.93. The third-order valence-electron chi connectivity index (χ3n) is 4.13. The summed E-state index contributed by atoms with van der Waals surface area (Å²) >= 11 is 0. The van der Waals surface area contributed by atoms with Gasteiger partial charge in [0.2, 0.25) is 11.8 Å². The maximum absolute atomic E-state index is 12.6. The minimum Gasteiger partial charge on any atom is -0.478 e. The molecule has 0 radical (unpaired) electrons. The van der Waals surface area contributed by atoms with Crippen molar-refractivity contribution in [2.24, 2.45) is 5.92 Å². The first-order valence-electron chi connectivity index (χ1n) is 7.96. The third kappa shape index (κ3) is 3.83. The zero-order chi connectivity index (χ0) is 17.8. The summed E-state index contributed by atoms with van der Waals surface area (Å²) in [7, 11) is 0. The monoisotopic (exact) mass is 335 g/mol. The van der Waals surface area contributed by atoms with Crippen LogP contribution in [0.5, 0.6) is 0 Å². The van der Waals surface area contributed by atoms with E-state index in [1.54, 1.807) is 24.3 Å². The van der Waals surface area contributed by atoms with Crippen molar-refractivity contribution < 1.29 is 19.5 Å². The van der Waals surface area contributed by atoms with Crippen LogP contribution >= 0.6 is 0 Å². The number of anilines is 1. The summed E-state index contributed by atoms with van der Waals surface area (Å²) in [5.41, 5.74) is 2.23. The average molecular weight is 335 g/mol. The van der Waals surface area contributed by atoms with Gasteiger partial charge in [0.1, 0.15) is 0 Å². The molecule has 2 aromatic rings. The van der Waals surface area contributed by atoms with Crippen LogP contribution in [-0.2, 0) is 20.8 Å². The van der Waals surface area contributed by atoms with Crippen LogP contribution in [-0.4, -0.2) is 22.9 Å². The van der Waals surface area contributed by atoms with Crippen molar-refractivity contribution in [3.05, 3.63) is 71.8 Å². The molecular formula is C20H17NO4. The second-order valence-electron chi connectivity index (χ2n) is 5.92. The first-order valence-corrected chi connectivity index (χ1v) is 7.96. The Bertz CT molecular complexity index is 825. The van der Waals surface area contributed by atoms with Crippen LogP contribution in [0, 0.1) is 5.92 Å². The molecular weight excluding hydrogens is 318 g/mol. The van der Waals surface area contributed by atoms with E-state index in [9.17, 15) is 14.4 Å². The fraction of sp³-hybridized carbons (Fsp3) is 0.150. The van der Waals surface area contributed by atoms with Crippen LogP contribution in [0.15, 0.2) is 60.7 Å². The minimum atomic E-state index is -1.03. The molecule has 25 heavy (non-hydrogen) atoms. The number of carboxylic acid groups (broad SMARTS) is 1. The molecule has 2 aromatic carbocycles. The van der Waals surface area contributed by atoms with E-state index in [-0.39, 0.29) is 24.2 Å². The van der Waals surface area contributed by atoms with Crippen molar-refractivity contribution in [1.82, 2.24) is 0 Å². The predicted molar refractivity (Wildman–Crippen MR) is 93.9 cm³/mol. The summed E-state index contributed by atoms with van der Waals surface area (Å²) in [4.78, 5) is 36.7. The number of carboxylic acids is 1. The number of hydrogen-bond donors (Lipinski definition) is 1. The van der Waals surface area contributed by atoms with Gasteiger partial charge in [-0.15, -0.1) is 0 Å². The molecule has 1 aliphatic rings. The number of benzene rings is 2. The van der Waals surface area contributed by atoms with Crippen molar-refractivity contribution in [2.45, 2.75) is 12.8 Å². The maximum atomic E-state index is 12.6. The van der Waals surface area contributed by atoms with Gasteiger partial charge in [-0.3, -0.25) is 14.5 Å². The van der Waals surface area contributed by atoms with E-state index in [0.29, 0.717) is 17.7 Å². The quantitative estimate of drug-likeness (QED) is 0.673. The Morgan fingerprint density at radius 3 is 2.40 bits per heavy atom. The summed E-state index contributed by atoms with van der Waals surface area (Å²) in [6, 6.07) is 16.3. The first-order chi connectivity index (χ1) is 12.0. The summed E-state index contributed by atoms with van der Waals surface area (Å²) < 4.78 is 0. The highest BCUT2D eigenvalue weighted by Gasteiger charge is 2.39. The normalized spacial score (nSPS) is 17.4. The number of hydrogen-bond acceptors (Lipinski definition) is 3. The first kappa shape index (κ1) is 16.6.